The van der Waals surface area contributed by atoms with E-state index in [2.05, 4.69) is 0 Å². The molecule has 0 saturated heterocycles. The summed E-state index contributed by atoms with van der Waals surface area (Å²) < 4.78 is 0. The topological polar surface area (TPSA) is 331 Å². The molecular formula is AlFeN5O15. The number of hydrogen-bond acceptors (Lipinski definition) is 15. The molecule has 0 amide bonds. The summed E-state index contributed by atoms with van der Waals surface area (Å²) in [6, 6.07) is 0. The van der Waals surface area contributed by atoms with Gasteiger partial charge in [-0.1, -0.05) is 0 Å². The summed E-state index contributed by atoms with van der Waals surface area (Å²) in [4.78, 5) is 41.2. The van der Waals surface area contributed by atoms with Crippen LogP contribution in [0.25, 0.3) is 0 Å². The summed E-state index contributed by atoms with van der Waals surface area (Å²) in [6.45, 7) is 0. The summed E-state index contributed by atoms with van der Waals surface area (Å²) in [7, 11) is 0. The Morgan fingerprint density at radius 1 is 0.364 bits per heavy atom. The molecule has 22 heavy (non-hydrogen) atoms. The molecule has 0 atom stereocenters. The molecule has 126 valence electrons. The van der Waals surface area contributed by atoms with Crippen LogP contribution in [0.1, 0.15) is 0 Å². The zero-order chi connectivity index (χ0) is 17.9. The van der Waals surface area contributed by atoms with Gasteiger partial charge in [-0.15, -0.1) is 0 Å². The third kappa shape index (κ3) is 506. The Morgan fingerprint density at radius 2 is 0.364 bits per heavy atom. The Bertz CT molecular complexity index is 213. The Hall–Kier alpha value is -2.95. The van der Waals surface area contributed by atoms with Gasteiger partial charge in [-0.25, -0.2) is 0 Å². The van der Waals surface area contributed by atoms with Crippen LogP contribution in [0.3, 0.4) is 0 Å². The van der Waals surface area contributed by atoms with Crippen LogP contribution in [0.15, 0.2) is 0 Å². The van der Waals surface area contributed by atoms with E-state index in [1.807, 2.05) is 0 Å². The largest absolute Gasteiger partial charge is 3.00 e. The van der Waals surface area contributed by atoms with E-state index in [4.69, 9.17) is 76.6 Å². The van der Waals surface area contributed by atoms with Crippen molar-refractivity contribution in [3.8, 4) is 0 Å². The molecule has 0 unspecified atom stereocenters. The molecule has 0 aliphatic rings. The Balaban J connectivity index is -0.0000000250. The molecule has 0 aromatic heterocycles. The molecule has 0 aliphatic carbocycles. The van der Waals surface area contributed by atoms with Gasteiger partial charge >= 0.3 is 34.4 Å². The molecule has 0 radical (unpaired) electrons. The number of hydrogen-bond donors (Lipinski definition) is 0. The van der Waals surface area contributed by atoms with E-state index < -0.39 is 25.4 Å². The van der Waals surface area contributed by atoms with E-state index >= 15 is 0 Å². The van der Waals surface area contributed by atoms with E-state index in [0.29, 0.717) is 0 Å². The zero-order valence-electron chi connectivity index (χ0n) is 9.29. The van der Waals surface area contributed by atoms with E-state index in [1.54, 1.807) is 0 Å². The standard InChI is InChI=1S/Al.Fe.5NO3/c;;5*2-1(3)4/q+3;+2;5*-1. The molecule has 0 aromatic carbocycles. The minimum atomic E-state index is -1.75. The summed E-state index contributed by atoms with van der Waals surface area (Å²) >= 11 is 0. The van der Waals surface area contributed by atoms with Crippen molar-refractivity contribution in [2.75, 3.05) is 0 Å². The maximum atomic E-state index is 8.25. The average molecular weight is 393 g/mol. The van der Waals surface area contributed by atoms with Crippen LogP contribution in [0.4, 0.5) is 0 Å². The third-order valence-corrected chi connectivity index (χ3v) is 0. The van der Waals surface area contributed by atoms with Gasteiger partial charge in [-0.05, 0) is 0 Å². The van der Waals surface area contributed by atoms with Crippen LogP contribution in [-0.2, 0) is 17.1 Å². The summed E-state index contributed by atoms with van der Waals surface area (Å²) in [5.74, 6) is 0. The fourth-order valence-electron chi connectivity index (χ4n) is 0. The maximum Gasteiger partial charge on any atom is 3.00 e. The SMILES string of the molecule is O=[N+]([O-])[O-].O=[N+]([O-])[O-].O=[N+]([O-])[O-].O=[N+]([O-])[O-].O=[N+]([O-])[O-].[Al+3].[Fe+2]. The van der Waals surface area contributed by atoms with E-state index in [1.165, 1.54) is 0 Å². The molecule has 0 heterocycles. The molecule has 20 nitrogen and oxygen atoms in total. The van der Waals surface area contributed by atoms with Crippen LogP contribution < -0.4 is 0 Å². The molecule has 0 rings (SSSR count). The second-order valence-electron chi connectivity index (χ2n) is 1.12. The van der Waals surface area contributed by atoms with Crippen LogP contribution in [0.5, 0.6) is 0 Å². The fourth-order valence-corrected chi connectivity index (χ4v) is 0. The van der Waals surface area contributed by atoms with Crippen molar-refractivity contribution in [2.45, 2.75) is 0 Å². The first-order chi connectivity index (χ1) is 8.66. The number of nitrogens with zero attached hydrogens (tertiary/aromatic N) is 5. The molecule has 22 heteroatoms. The molecule has 0 aromatic rings. The van der Waals surface area contributed by atoms with Gasteiger partial charge in [0.25, 0.3) is 0 Å². The Labute approximate surface area is 137 Å². The van der Waals surface area contributed by atoms with Crippen molar-refractivity contribution in [2.24, 2.45) is 0 Å². The molecular weight excluding hydrogens is 393 g/mol. The van der Waals surface area contributed by atoms with Crippen molar-refractivity contribution in [3.05, 3.63) is 76.6 Å². The van der Waals surface area contributed by atoms with Gasteiger partial charge in [0, 0.05) is 0 Å². The van der Waals surface area contributed by atoms with Crippen molar-refractivity contribution in [1.29, 1.82) is 0 Å². The molecule has 0 N–H and O–H groups in total. The first-order valence-corrected chi connectivity index (χ1v) is 2.74. The fraction of sp³-hybridized carbons (Fsp3) is 0. The van der Waals surface area contributed by atoms with Crippen molar-refractivity contribution >= 4 is 17.4 Å². The molecule has 0 spiro atoms. The van der Waals surface area contributed by atoms with Gasteiger partial charge in [0.1, 0.15) is 0 Å². The van der Waals surface area contributed by atoms with E-state index in [-0.39, 0.29) is 34.4 Å². The molecule has 0 fully saturated rings. The second-order valence-corrected chi connectivity index (χ2v) is 1.12. The normalized spacial score (nSPS) is 5.45. The van der Waals surface area contributed by atoms with Crippen molar-refractivity contribution < 1.29 is 42.5 Å². The van der Waals surface area contributed by atoms with Gasteiger partial charge in [0.2, 0.25) is 0 Å². The molecule has 0 saturated carbocycles. The quantitative estimate of drug-likeness (QED) is 0.254. The first kappa shape index (κ1) is 42.7. The van der Waals surface area contributed by atoms with Crippen molar-refractivity contribution in [3.63, 3.8) is 0 Å². The predicted molar refractivity (Wildman–Crippen MR) is 57.6 cm³/mol. The van der Waals surface area contributed by atoms with Gasteiger partial charge in [-0.2, -0.15) is 0 Å². The monoisotopic (exact) mass is 393 g/mol. The summed E-state index contributed by atoms with van der Waals surface area (Å²) in [6.07, 6.45) is 0. The predicted octanol–water partition coefficient (Wildman–Crippen LogP) is -1.58. The Morgan fingerprint density at radius 3 is 0.364 bits per heavy atom. The van der Waals surface area contributed by atoms with Crippen molar-refractivity contribution in [1.82, 2.24) is 0 Å². The van der Waals surface area contributed by atoms with Gasteiger partial charge in [0.15, 0.2) is 0 Å². The smallest absolute Gasteiger partial charge is 0.356 e. The molecule has 0 bridgehead atoms. The minimum absolute atomic E-state index is 0. The average Bonchev–Trinajstić information content (AvgIpc) is 1.94. The van der Waals surface area contributed by atoms with Gasteiger partial charge < -0.3 is 76.6 Å². The van der Waals surface area contributed by atoms with Gasteiger partial charge in [-0.3, -0.25) is 0 Å². The second kappa shape index (κ2) is 36.1. The minimum Gasteiger partial charge on any atom is -0.356 e. The summed E-state index contributed by atoms with van der Waals surface area (Å²) in [5, 5.41) is 73.8. The van der Waals surface area contributed by atoms with Crippen LogP contribution in [0.2, 0.25) is 0 Å². The Kier molecular flexibility index (Phi) is 70.2. The van der Waals surface area contributed by atoms with Gasteiger partial charge in [0.05, 0.1) is 25.4 Å². The zero-order valence-corrected chi connectivity index (χ0v) is 11.5. The maximum absolute atomic E-state index is 8.25. The molecule has 0 aliphatic heterocycles. The number of rotatable bonds is 0. The third-order valence-electron chi connectivity index (χ3n) is 0. The first-order valence-electron chi connectivity index (χ1n) is 2.74. The van der Waals surface area contributed by atoms with E-state index in [0.717, 1.165) is 0 Å². The van der Waals surface area contributed by atoms with E-state index in [9.17, 15) is 0 Å². The van der Waals surface area contributed by atoms with Crippen LogP contribution in [0, 0.1) is 76.6 Å². The summed E-state index contributed by atoms with van der Waals surface area (Å²) in [5.41, 5.74) is 0. The van der Waals surface area contributed by atoms with Crippen LogP contribution in [-0.4, -0.2) is 42.8 Å². The van der Waals surface area contributed by atoms with Crippen LogP contribution >= 0.6 is 0 Å².